The van der Waals surface area contributed by atoms with Crippen LogP contribution in [0.15, 0.2) is 59.1 Å². The Kier molecular flexibility index (Phi) is 6.28. The number of nitrogens with zero attached hydrogens (tertiary/aromatic N) is 4. The van der Waals surface area contributed by atoms with Gasteiger partial charge in [-0.15, -0.1) is 5.10 Å². The molecule has 9 heteroatoms. The molecule has 0 atom stereocenters. The molecule has 1 amide bonds. The van der Waals surface area contributed by atoms with Gasteiger partial charge in [-0.2, -0.15) is 4.68 Å². The quantitative estimate of drug-likeness (QED) is 0.466. The summed E-state index contributed by atoms with van der Waals surface area (Å²) in [4.78, 5) is 24.7. The van der Waals surface area contributed by atoms with Crippen molar-refractivity contribution in [3.63, 3.8) is 0 Å². The maximum atomic E-state index is 12.6. The fourth-order valence-electron chi connectivity index (χ4n) is 2.30. The van der Waals surface area contributed by atoms with Gasteiger partial charge in [0, 0.05) is 10.2 Å². The molecule has 0 aliphatic rings. The number of carbonyl (C=O) groups is 2. The zero-order valence-corrected chi connectivity index (χ0v) is 16.5. The predicted molar refractivity (Wildman–Crippen MR) is 107 cm³/mol. The minimum atomic E-state index is -0.717. The van der Waals surface area contributed by atoms with Gasteiger partial charge in [0.15, 0.2) is 18.1 Å². The van der Waals surface area contributed by atoms with Gasteiger partial charge in [0.2, 0.25) is 0 Å². The molecule has 28 heavy (non-hydrogen) atoms. The van der Waals surface area contributed by atoms with E-state index in [1.807, 2.05) is 30.3 Å². The van der Waals surface area contributed by atoms with Gasteiger partial charge in [0.1, 0.15) is 0 Å². The average Bonchev–Trinajstić information content (AvgIpc) is 3.12. The molecule has 142 valence electrons. The largest absolute Gasteiger partial charge is 0.451 e. The summed E-state index contributed by atoms with van der Waals surface area (Å²) in [6, 6.07) is 16.2. The van der Waals surface area contributed by atoms with Gasteiger partial charge >= 0.3 is 5.97 Å². The third-order valence-corrected chi connectivity index (χ3v) is 4.16. The third kappa shape index (κ3) is 5.10. The van der Waals surface area contributed by atoms with E-state index in [0.717, 1.165) is 10.0 Å². The number of esters is 1. The Morgan fingerprint density at radius 2 is 1.86 bits per heavy atom. The Morgan fingerprint density at radius 1 is 1.14 bits per heavy atom. The molecule has 0 saturated carbocycles. The normalized spacial score (nSPS) is 11.1. The van der Waals surface area contributed by atoms with Crippen LogP contribution in [0.5, 0.6) is 0 Å². The van der Waals surface area contributed by atoms with Crippen LogP contribution in [0.4, 0.5) is 5.69 Å². The summed E-state index contributed by atoms with van der Waals surface area (Å²) >= 11 is 3.32. The van der Waals surface area contributed by atoms with Crippen molar-refractivity contribution in [1.29, 1.82) is 0 Å². The topological polar surface area (TPSA) is 99.0 Å². The van der Waals surface area contributed by atoms with Crippen LogP contribution in [-0.4, -0.2) is 38.7 Å². The molecular weight excluding hydrogens is 426 g/mol. The van der Waals surface area contributed by atoms with Crippen molar-refractivity contribution in [2.75, 3.05) is 11.9 Å². The highest BCUT2D eigenvalue weighted by Gasteiger charge is 2.19. The van der Waals surface area contributed by atoms with Gasteiger partial charge in [-0.1, -0.05) is 46.3 Å². The third-order valence-electron chi connectivity index (χ3n) is 3.63. The lowest BCUT2D eigenvalue weighted by atomic mass is 10.2. The molecular formula is C19H16BrN5O3. The predicted octanol–water partition coefficient (Wildman–Crippen LogP) is 2.92. The van der Waals surface area contributed by atoms with Crippen LogP contribution >= 0.6 is 15.9 Å². The smallest absolute Gasteiger partial charge is 0.357 e. The molecule has 1 aromatic heterocycles. The second-order valence-electron chi connectivity index (χ2n) is 5.71. The molecule has 0 radical (unpaired) electrons. The fourth-order valence-corrected chi connectivity index (χ4v) is 2.57. The molecule has 0 aliphatic carbocycles. The van der Waals surface area contributed by atoms with Gasteiger partial charge in [0.25, 0.3) is 5.91 Å². The fraction of sp³-hybridized carbons (Fsp3) is 0.105. The monoisotopic (exact) mass is 441 g/mol. The summed E-state index contributed by atoms with van der Waals surface area (Å²) in [7, 11) is 0. The molecule has 0 spiro atoms. The number of benzene rings is 2. The lowest BCUT2D eigenvalue weighted by molar-refractivity contribution is -0.141. The van der Waals surface area contributed by atoms with E-state index >= 15 is 0 Å². The number of ether oxygens (including phenoxy) is 1. The average molecular weight is 442 g/mol. The Morgan fingerprint density at radius 3 is 2.50 bits per heavy atom. The number of halogens is 1. The Hall–Kier alpha value is -3.33. The molecule has 1 N–H and O–H groups in total. The number of tetrazole rings is 1. The number of nitrogens with one attached hydrogen (secondary N) is 1. The van der Waals surface area contributed by atoms with Crippen LogP contribution < -0.4 is 5.32 Å². The highest BCUT2D eigenvalue weighted by Crippen LogP contribution is 2.15. The molecule has 0 aliphatic heterocycles. The Bertz CT molecular complexity index is 1000. The summed E-state index contributed by atoms with van der Waals surface area (Å²) in [5.74, 6) is -0.758. The van der Waals surface area contributed by atoms with E-state index in [-0.39, 0.29) is 5.70 Å². The van der Waals surface area contributed by atoms with Crippen molar-refractivity contribution >= 4 is 45.3 Å². The lowest BCUT2D eigenvalue weighted by Gasteiger charge is -2.09. The minimum absolute atomic E-state index is 0.102. The van der Waals surface area contributed by atoms with E-state index in [1.54, 1.807) is 37.3 Å². The number of amides is 1. The van der Waals surface area contributed by atoms with Crippen molar-refractivity contribution in [2.45, 2.75) is 6.92 Å². The standard InChI is InChI=1S/C19H16BrN5O3/c1-13-22-23-24-25(13)17(11-14-5-3-2-4-6-14)19(27)28-12-18(26)21-16-9-7-15(20)8-10-16/h2-11H,12H2,1H3,(H,21,26)/b17-11-. The highest BCUT2D eigenvalue weighted by atomic mass is 79.9. The van der Waals surface area contributed by atoms with E-state index in [9.17, 15) is 9.59 Å². The van der Waals surface area contributed by atoms with Crippen molar-refractivity contribution < 1.29 is 14.3 Å². The van der Waals surface area contributed by atoms with Crippen LogP contribution in [-0.2, 0) is 14.3 Å². The summed E-state index contributed by atoms with van der Waals surface area (Å²) in [6.45, 7) is 1.22. The SMILES string of the molecule is Cc1nnnn1/C(=C\c1ccccc1)C(=O)OCC(=O)Nc1ccc(Br)cc1. The number of hydrogen-bond donors (Lipinski definition) is 1. The number of aryl methyl sites for hydroxylation is 1. The maximum absolute atomic E-state index is 12.6. The molecule has 8 nitrogen and oxygen atoms in total. The van der Waals surface area contributed by atoms with Crippen LogP contribution in [0.2, 0.25) is 0 Å². The molecule has 0 bridgehead atoms. The van der Waals surface area contributed by atoms with Crippen molar-refractivity contribution in [1.82, 2.24) is 20.2 Å². The Balaban J connectivity index is 1.71. The number of aromatic nitrogens is 4. The summed E-state index contributed by atoms with van der Waals surface area (Å²) in [6.07, 6.45) is 1.60. The van der Waals surface area contributed by atoms with Gasteiger partial charge in [0.05, 0.1) is 0 Å². The van der Waals surface area contributed by atoms with E-state index in [4.69, 9.17) is 4.74 Å². The first-order valence-electron chi connectivity index (χ1n) is 8.27. The first-order chi connectivity index (χ1) is 13.5. The molecule has 0 unspecified atom stereocenters. The van der Waals surface area contributed by atoms with Crippen LogP contribution in [0.3, 0.4) is 0 Å². The molecule has 2 aromatic carbocycles. The molecule has 1 heterocycles. The highest BCUT2D eigenvalue weighted by molar-refractivity contribution is 9.10. The van der Waals surface area contributed by atoms with Crippen molar-refractivity contribution in [3.05, 3.63) is 70.5 Å². The second-order valence-corrected chi connectivity index (χ2v) is 6.63. The van der Waals surface area contributed by atoms with E-state index in [1.165, 1.54) is 4.68 Å². The number of rotatable bonds is 6. The first-order valence-corrected chi connectivity index (χ1v) is 9.07. The maximum Gasteiger partial charge on any atom is 0.357 e. The zero-order chi connectivity index (χ0) is 19.9. The van der Waals surface area contributed by atoms with Gasteiger partial charge in [-0.3, -0.25) is 4.79 Å². The van der Waals surface area contributed by atoms with E-state index in [2.05, 4.69) is 36.8 Å². The number of hydrogen-bond acceptors (Lipinski definition) is 6. The van der Waals surface area contributed by atoms with Gasteiger partial charge < -0.3 is 10.1 Å². The van der Waals surface area contributed by atoms with E-state index < -0.39 is 18.5 Å². The lowest BCUT2D eigenvalue weighted by Crippen LogP contribution is -2.23. The first kappa shape index (κ1) is 19.4. The van der Waals surface area contributed by atoms with Crippen molar-refractivity contribution in [3.8, 4) is 0 Å². The number of carbonyl (C=O) groups excluding carboxylic acids is 2. The summed E-state index contributed by atoms with van der Waals surface area (Å²) < 4.78 is 7.33. The second kappa shape index (κ2) is 9.05. The summed E-state index contributed by atoms with van der Waals surface area (Å²) in [5, 5.41) is 13.8. The minimum Gasteiger partial charge on any atom is -0.451 e. The molecule has 3 rings (SSSR count). The molecule has 3 aromatic rings. The van der Waals surface area contributed by atoms with Crippen molar-refractivity contribution in [2.24, 2.45) is 0 Å². The zero-order valence-electron chi connectivity index (χ0n) is 14.9. The van der Waals surface area contributed by atoms with E-state index in [0.29, 0.717) is 11.5 Å². The van der Waals surface area contributed by atoms with Gasteiger partial charge in [-0.25, -0.2) is 4.79 Å². The number of anilines is 1. The van der Waals surface area contributed by atoms with Gasteiger partial charge in [-0.05, 0) is 53.3 Å². The van der Waals surface area contributed by atoms with Crippen LogP contribution in [0, 0.1) is 6.92 Å². The molecule has 0 fully saturated rings. The molecule has 0 saturated heterocycles. The van der Waals surface area contributed by atoms with Crippen LogP contribution in [0.1, 0.15) is 11.4 Å². The summed E-state index contributed by atoms with van der Waals surface area (Å²) in [5.41, 5.74) is 1.47. The van der Waals surface area contributed by atoms with Crippen LogP contribution in [0.25, 0.3) is 11.8 Å². The Labute approximate surface area is 169 Å².